The molecule has 0 saturated heterocycles. The van der Waals surface area contributed by atoms with Gasteiger partial charge in [0.1, 0.15) is 24.5 Å². The molecule has 136 valence electrons. The summed E-state index contributed by atoms with van der Waals surface area (Å²) in [4.78, 5) is 10.8. The number of hydrogen-bond donors (Lipinski definition) is 2. The summed E-state index contributed by atoms with van der Waals surface area (Å²) in [5.41, 5.74) is 1.04. The van der Waals surface area contributed by atoms with Gasteiger partial charge in [-0.1, -0.05) is 12.1 Å². The quantitative estimate of drug-likeness (QED) is 0.584. The monoisotopic (exact) mass is 347 g/mol. The van der Waals surface area contributed by atoms with Gasteiger partial charge in [0, 0.05) is 20.1 Å². The molecule has 2 N–H and O–H groups in total. The molecule has 25 heavy (non-hydrogen) atoms. The number of rotatable bonds is 7. The number of nitrogens with zero attached hydrogens (tertiary/aromatic N) is 5. The lowest BCUT2D eigenvalue weighted by Gasteiger charge is -2.26. The Balaban J connectivity index is 2.04. The Morgan fingerprint density at radius 3 is 2.56 bits per heavy atom. The lowest BCUT2D eigenvalue weighted by Crippen LogP contribution is -2.41. The minimum Gasteiger partial charge on any atom is -0.357 e. The predicted molar refractivity (Wildman–Crippen MR) is 96.6 cm³/mol. The minimum absolute atomic E-state index is 0.0966. The highest BCUT2D eigenvalue weighted by Crippen LogP contribution is 2.17. The topological polar surface area (TPSA) is 70.4 Å². The highest BCUT2D eigenvalue weighted by Gasteiger charge is 2.15. The third-order valence-electron chi connectivity index (χ3n) is 3.87. The van der Waals surface area contributed by atoms with Gasteiger partial charge in [-0.15, -0.1) is 0 Å². The Morgan fingerprint density at radius 2 is 2.00 bits per heavy atom. The highest BCUT2D eigenvalue weighted by atomic mass is 19.1. The molecule has 1 aromatic carbocycles. The molecule has 1 atom stereocenters. The van der Waals surface area contributed by atoms with E-state index < -0.39 is 0 Å². The third kappa shape index (κ3) is 5.53. The van der Waals surface area contributed by atoms with Gasteiger partial charge in [0.15, 0.2) is 5.96 Å². The van der Waals surface area contributed by atoms with Crippen molar-refractivity contribution in [2.75, 3.05) is 27.2 Å². The van der Waals surface area contributed by atoms with Crippen molar-refractivity contribution in [3.8, 4) is 0 Å². The molecule has 0 aliphatic rings. The third-order valence-corrected chi connectivity index (χ3v) is 3.87. The fourth-order valence-electron chi connectivity index (χ4n) is 2.43. The van der Waals surface area contributed by atoms with Crippen LogP contribution in [0.5, 0.6) is 0 Å². The number of hydrogen-bond acceptors (Lipinski definition) is 4. The largest absolute Gasteiger partial charge is 0.357 e. The second-order valence-electron chi connectivity index (χ2n) is 5.91. The molecule has 0 fully saturated rings. The normalized spacial score (nSPS) is 13.1. The Bertz CT molecular complexity index is 679. The molecule has 0 spiro atoms. The molecule has 0 radical (unpaired) electrons. The summed E-state index contributed by atoms with van der Waals surface area (Å²) in [5, 5.41) is 10.6. The van der Waals surface area contributed by atoms with Gasteiger partial charge < -0.3 is 15.5 Å². The predicted octanol–water partition coefficient (Wildman–Crippen LogP) is 1.31. The standard InChI is InChI=1S/C17H26FN7/c1-5-19-17(21-11-16-22-12-23-25(16)4)20-10-15(24(2)3)13-6-8-14(18)9-7-13/h6-9,12,15H,5,10-11H2,1-4H3,(H2,19,20,21). The number of aliphatic imine (C=N–C) groups is 1. The molecule has 0 aliphatic carbocycles. The van der Waals surface area contributed by atoms with E-state index in [9.17, 15) is 4.39 Å². The van der Waals surface area contributed by atoms with Gasteiger partial charge in [-0.25, -0.2) is 14.4 Å². The van der Waals surface area contributed by atoms with Crippen molar-refractivity contribution < 1.29 is 4.39 Å². The number of guanidine groups is 1. The van der Waals surface area contributed by atoms with E-state index in [4.69, 9.17) is 0 Å². The maximum atomic E-state index is 13.2. The molecular weight excluding hydrogens is 321 g/mol. The van der Waals surface area contributed by atoms with E-state index in [1.54, 1.807) is 4.68 Å². The molecule has 7 nitrogen and oxygen atoms in total. The Labute approximate surface area is 148 Å². The molecule has 2 rings (SSSR count). The van der Waals surface area contributed by atoms with Crippen LogP contribution in [0.2, 0.25) is 0 Å². The molecule has 1 aromatic heterocycles. The minimum atomic E-state index is -0.229. The second kappa shape index (κ2) is 9.12. The van der Waals surface area contributed by atoms with Crippen LogP contribution in [0.15, 0.2) is 35.6 Å². The molecule has 2 aromatic rings. The summed E-state index contributed by atoms with van der Waals surface area (Å²) in [5.74, 6) is 1.27. The van der Waals surface area contributed by atoms with Gasteiger partial charge >= 0.3 is 0 Å². The van der Waals surface area contributed by atoms with Crippen molar-refractivity contribution in [3.63, 3.8) is 0 Å². The van der Waals surface area contributed by atoms with Crippen LogP contribution in [0.1, 0.15) is 24.4 Å². The van der Waals surface area contributed by atoms with Gasteiger partial charge in [-0.2, -0.15) is 5.10 Å². The van der Waals surface area contributed by atoms with Gasteiger partial charge in [-0.3, -0.25) is 4.68 Å². The molecule has 0 saturated carbocycles. The van der Waals surface area contributed by atoms with Crippen LogP contribution in [0.25, 0.3) is 0 Å². The molecular formula is C17H26FN7. The molecule has 0 aliphatic heterocycles. The maximum Gasteiger partial charge on any atom is 0.191 e. The van der Waals surface area contributed by atoms with E-state index in [0.29, 0.717) is 19.0 Å². The van der Waals surface area contributed by atoms with E-state index in [1.807, 2.05) is 40.2 Å². The Hall–Kier alpha value is -2.48. The van der Waals surface area contributed by atoms with Crippen molar-refractivity contribution in [1.82, 2.24) is 30.3 Å². The maximum absolute atomic E-state index is 13.2. The highest BCUT2D eigenvalue weighted by molar-refractivity contribution is 5.79. The number of nitrogens with one attached hydrogen (secondary N) is 2. The van der Waals surface area contributed by atoms with Crippen LogP contribution in [0.3, 0.4) is 0 Å². The van der Waals surface area contributed by atoms with Gasteiger partial charge in [0.25, 0.3) is 0 Å². The summed E-state index contributed by atoms with van der Waals surface area (Å²) in [6.45, 7) is 3.86. The fourth-order valence-corrected chi connectivity index (χ4v) is 2.43. The Morgan fingerprint density at radius 1 is 1.28 bits per heavy atom. The van der Waals surface area contributed by atoms with E-state index in [1.165, 1.54) is 18.5 Å². The zero-order valence-corrected chi connectivity index (χ0v) is 15.2. The first-order valence-corrected chi connectivity index (χ1v) is 8.28. The number of likely N-dealkylation sites (N-methyl/N-ethyl adjacent to an activating group) is 1. The van der Waals surface area contributed by atoms with Gasteiger partial charge in [0.05, 0.1) is 6.04 Å². The summed E-state index contributed by atoms with van der Waals surface area (Å²) in [6, 6.07) is 6.69. The lowest BCUT2D eigenvalue weighted by atomic mass is 10.1. The van der Waals surface area contributed by atoms with Crippen LogP contribution >= 0.6 is 0 Å². The summed E-state index contributed by atoms with van der Waals surface area (Å²) in [6.07, 6.45) is 1.52. The van der Waals surface area contributed by atoms with Crippen LogP contribution in [0, 0.1) is 5.82 Å². The lowest BCUT2D eigenvalue weighted by molar-refractivity contribution is 0.298. The second-order valence-corrected chi connectivity index (χ2v) is 5.91. The molecule has 1 unspecified atom stereocenters. The summed E-state index contributed by atoms with van der Waals surface area (Å²) < 4.78 is 14.9. The molecule has 8 heteroatoms. The number of halogens is 1. The number of aryl methyl sites for hydroxylation is 1. The van der Waals surface area contributed by atoms with Crippen molar-refractivity contribution >= 4 is 5.96 Å². The smallest absolute Gasteiger partial charge is 0.191 e. The van der Waals surface area contributed by atoms with Crippen LogP contribution in [-0.4, -0.2) is 52.8 Å². The first-order chi connectivity index (χ1) is 12.0. The summed E-state index contributed by atoms with van der Waals surface area (Å²) >= 11 is 0. The first-order valence-electron chi connectivity index (χ1n) is 8.28. The average Bonchev–Trinajstić information content (AvgIpc) is 2.99. The van der Waals surface area contributed by atoms with Crippen LogP contribution < -0.4 is 10.6 Å². The summed E-state index contributed by atoms with van der Waals surface area (Å²) in [7, 11) is 5.84. The van der Waals surface area contributed by atoms with Crippen molar-refractivity contribution in [2.45, 2.75) is 19.5 Å². The van der Waals surface area contributed by atoms with Gasteiger partial charge in [0.2, 0.25) is 0 Å². The van der Waals surface area contributed by atoms with Gasteiger partial charge in [-0.05, 0) is 38.7 Å². The molecule has 1 heterocycles. The van der Waals surface area contributed by atoms with Crippen molar-refractivity contribution in [3.05, 3.63) is 47.8 Å². The van der Waals surface area contributed by atoms with Crippen molar-refractivity contribution in [1.29, 1.82) is 0 Å². The van der Waals surface area contributed by atoms with E-state index >= 15 is 0 Å². The first kappa shape index (κ1) is 18.9. The Kier molecular flexibility index (Phi) is 6.88. The average molecular weight is 347 g/mol. The van der Waals surface area contributed by atoms with E-state index in [-0.39, 0.29) is 11.9 Å². The fraction of sp³-hybridized carbons (Fsp3) is 0.471. The van der Waals surface area contributed by atoms with Crippen molar-refractivity contribution in [2.24, 2.45) is 12.0 Å². The van der Waals surface area contributed by atoms with E-state index in [2.05, 4.69) is 30.6 Å². The van der Waals surface area contributed by atoms with E-state index in [0.717, 1.165) is 17.9 Å². The van der Waals surface area contributed by atoms with Crippen LogP contribution in [0.4, 0.5) is 4.39 Å². The van der Waals surface area contributed by atoms with Crippen LogP contribution in [-0.2, 0) is 13.6 Å². The molecule has 0 bridgehead atoms. The number of benzene rings is 1. The number of aromatic nitrogens is 3. The zero-order chi connectivity index (χ0) is 18.2. The zero-order valence-electron chi connectivity index (χ0n) is 15.2. The SMILES string of the molecule is CCNC(=NCc1ncnn1C)NCC(c1ccc(F)cc1)N(C)C. The molecule has 0 amide bonds.